The van der Waals surface area contributed by atoms with E-state index in [0.29, 0.717) is 12.2 Å². The topological polar surface area (TPSA) is 67.5 Å². The second-order valence-electron chi connectivity index (χ2n) is 3.12. The van der Waals surface area contributed by atoms with E-state index in [1.54, 1.807) is 12.1 Å². The molecule has 1 heterocycles. The number of Topliss-reactive ketones (excluding diaryl/α,β-unsaturated/α-hetero) is 1. The quantitative estimate of drug-likeness (QED) is 0.724. The van der Waals surface area contributed by atoms with Gasteiger partial charge in [-0.05, 0) is 25.5 Å². The van der Waals surface area contributed by atoms with Crippen LogP contribution >= 0.6 is 0 Å². The van der Waals surface area contributed by atoms with Gasteiger partial charge in [0, 0.05) is 6.42 Å². The van der Waals surface area contributed by atoms with Gasteiger partial charge in [-0.25, -0.2) is 0 Å². The first kappa shape index (κ1) is 10.5. The van der Waals surface area contributed by atoms with Crippen LogP contribution in [0.15, 0.2) is 22.8 Å². The number of aryl methyl sites for hydroxylation is 1. The van der Waals surface area contributed by atoms with Crippen molar-refractivity contribution < 1.29 is 19.1 Å². The van der Waals surface area contributed by atoms with Crippen molar-refractivity contribution in [3.8, 4) is 0 Å². The predicted octanol–water partition coefficient (Wildman–Crippen LogP) is 1.50. The van der Waals surface area contributed by atoms with E-state index in [-0.39, 0.29) is 12.2 Å². The maximum absolute atomic E-state index is 10.9. The van der Waals surface area contributed by atoms with Crippen LogP contribution in [-0.2, 0) is 16.0 Å². The van der Waals surface area contributed by atoms with Gasteiger partial charge in [-0.2, -0.15) is 0 Å². The number of furan rings is 1. The van der Waals surface area contributed by atoms with Gasteiger partial charge in [-0.15, -0.1) is 0 Å². The minimum atomic E-state index is -1.07. The zero-order chi connectivity index (χ0) is 10.6. The number of ketones is 1. The van der Waals surface area contributed by atoms with Gasteiger partial charge in [0.05, 0.1) is 6.26 Å². The molecule has 0 radical (unpaired) electrons. The number of carboxylic acids is 1. The number of aliphatic carboxylic acids is 1. The van der Waals surface area contributed by atoms with Crippen LogP contribution in [0, 0.1) is 5.92 Å². The Hall–Kier alpha value is -1.58. The Labute approximate surface area is 81.5 Å². The van der Waals surface area contributed by atoms with Crippen molar-refractivity contribution >= 4 is 11.8 Å². The molecule has 1 N–H and O–H groups in total. The maximum atomic E-state index is 10.9. The Bertz CT molecular complexity index is 299. The van der Waals surface area contributed by atoms with Crippen LogP contribution in [0.1, 0.15) is 19.1 Å². The number of carbonyl (C=O) groups excluding carboxylic acids is 1. The lowest BCUT2D eigenvalue weighted by atomic mass is 9.99. The van der Waals surface area contributed by atoms with E-state index in [2.05, 4.69) is 0 Å². The van der Waals surface area contributed by atoms with Crippen LogP contribution in [0.5, 0.6) is 0 Å². The van der Waals surface area contributed by atoms with Crippen molar-refractivity contribution in [2.45, 2.75) is 19.8 Å². The molecule has 0 amide bonds. The number of carbonyl (C=O) groups is 2. The summed E-state index contributed by atoms with van der Waals surface area (Å²) in [6.07, 6.45) is 2.29. The average molecular weight is 196 g/mol. The average Bonchev–Trinajstić information content (AvgIpc) is 2.55. The van der Waals surface area contributed by atoms with Crippen LogP contribution in [0.4, 0.5) is 0 Å². The van der Waals surface area contributed by atoms with Crippen molar-refractivity contribution in [2.75, 3.05) is 0 Å². The molecular weight excluding hydrogens is 184 g/mol. The third kappa shape index (κ3) is 2.73. The van der Waals surface area contributed by atoms with E-state index in [1.165, 1.54) is 13.2 Å². The molecule has 0 aliphatic heterocycles. The Kier molecular flexibility index (Phi) is 3.45. The molecule has 76 valence electrons. The lowest BCUT2D eigenvalue weighted by Gasteiger charge is -2.06. The predicted molar refractivity (Wildman–Crippen MR) is 48.8 cm³/mol. The highest BCUT2D eigenvalue weighted by Crippen LogP contribution is 2.11. The summed E-state index contributed by atoms with van der Waals surface area (Å²) in [5.74, 6) is -1.59. The Balaban J connectivity index is 2.49. The van der Waals surface area contributed by atoms with Crippen LogP contribution in [0.2, 0.25) is 0 Å². The monoisotopic (exact) mass is 196 g/mol. The molecule has 14 heavy (non-hydrogen) atoms. The van der Waals surface area contributed by atoms with Crippen molar-refractivity contribution in [1.29, 1.82) is 0 Å². The van der Waals surface area contributed by atoms with Gasteiger partial charge in [0.25, 0.3) is 0 Å². The van der Waals surface area contributed by atoms with Crippen LogP contribution in [0.3, 0.4) is 0 Å². The van der Waals surface area contributed by atoms with Gasteiger partial charge in [0.15, 0.2) is 0 Å². The second kappa shape index (κ2) is 4.60. The summed E-state index contributed by atoms with van der Waals surface area (Å²) >= 11 is 0. The second-order valence-corrected chi connectivity index (χ2v) is 3.12. The number of carboxylic acid groups (broad SMARTS) is 1. The van der Waals surface area contributed by atoms with Crippen LogP contribution in [-0.4, -0.2) is 16.9 Å². The molecule has 0 saturated carbocycles. The molecule has 0 aliphatic carbocycles. The minimum absolute atomic E-state index is 0.290. The molecule has 4 nitrogen and oxygen atoms in total. The fraction of sp³-hybridized carbons (Fsp3) is 0.400. The Morgan fingerprint density at radius 2 is 2.29 bits per heavy atom. The van der Waals surface area contributed by atoms with Gasteiger partial charge in [0.2, 0.25) is 0 Å². The van der Waals surface area contributed by atoms with Gasteiger partial charge in [-0.3, -0.25) is 9.59 Å². The summed E-state index contributed by atoms with van der Waals surface area (Å²) in [7, 11) is 0. The number of hydrogen-bond acceptors (Lipinski definition) is 3. The lowest BCUT2D eigenvalue weighted by Crippen LogP contribution is -2.21. The fourth-order valence-corrected chi connectivity index (χ4v) is 1.24. The largest absolute Gasteiger partial charge is 0.481 e. The van der Waals surface area contributed by atoms with Crippen molar-refractivity contribution in [2.24, 2.45) is 5.92 Å². The summed E-state index contributed by atoms with van der Waals surface area (Å²) in [6.45, 7) is 1.29. The third-order valence-electron chi connectivity index (χ3n) is 2.05. The Morgan fingerprint density at radius 1 is 1.57 bits per heavy atom. The summed E-state index contributed by atoms with van der Waals surface area (Å²) in [5.41, 5.74) is 0. The molecule has 0 fully saturated rings. The zero-order valence-corrected chi connectivity index (χ0v) is 7.90. The van der Waals surface area contributed by atoms with Crippen LogP contribution < -0.4 is 0 Å². The normalized spacial score (nSPS) is 12.4. The molecule has 0 aliphatic rings. The number of rotatable bonds is 5. The van der Waals surface area contributed by atoms with Crippen molar-refractivity contribution in [3.63, 3.8) is 0 Å². The summed E-state index contributed by atoms with van der Waals surface area (Å²) in [5, 5.41) is 8.72. The fourth-order valence-electron chi connectivity index (χ4n) is 1.24. The maximum Gasteiger partial charge on any atom is 0.314 e. The molecule has 1 unspecified atom stereocenters. The highest BCUT2D eigenvalue weighted by atomic mass is 16.4. The molecule has 4 heteroatoms. The first-order valence-corrected chi connectivity index (χ1v) is 4.37. The number of hydrogen-bond donors (Lipinski definition) is 1. The summed E-state index contributed by atoms with van der Waals surface area (Å²) in [4.78, 5) is 21.6. The van der Waals surface area contributed by atoms with E-state index in [4.69, 9.17) is 9.52 Å². The Morgan fingerprint density at radius 3 is 2.71 bits per heavy atom. The summed E-state index contributed by atoms with van der Waals surface area (Å²) < 4.78 is 5.04. The molecule has 1 atom stereocenters. The zero-order valence-electron chi connectivity index (χ0n) is 7.90. The minimum Gasteiger partial charge on any atom is -0.481 e. The molecule has 1 rings (SSSR count). The smallest absolute Gasteiger partial charge is 0.314 e. The highest BCUT2D eigenvalue weighted by molar-refractivity contribution is 5.96. The molecular formula is C10H12O4. The van der Waals surface area contributed by atoms with Gasteiger partial charge < -0.3 is 9.52 Å². The van der Waals surface area contributed by atoms with E-state index in [0.717, 1.165) is 0 Å². The molecule has 1 aromatic rings. The van der Waals surface area contributed by atoms with Crippen LogP contribution in [0.25, 0.3) is 0 Å². The first-order chi connectivity index (χ1) is 6.61. The van der Waals surface area contributed by atoms with E-state index < -0.39 is 11.9 Å². The standard InChI is InChI=1S/C10H12O4/c1-7(11)9(10(12)13)5-4-8-3-2-6-14-8/h2-3,6,9H,4-5H2,1H3,(H,12,13). The summed E-state index contributed by atoms with van der Waals surface area (Å²) in [6, 6.07) is 3.50. The van der Waals surface area contributed by atoms with Crippen molar-refractivity contribution in [3.05, 3.63) is 24.2 Å². The molecule has 1 aromatic heterocycles. The SMILES string of the molecule is CC(=O)C(CCc1ccco1)C(=O)O. The molecule has 0 bridgehead atoms. The van der Waals surface area contributed by atoms with E-state index >= 15 is 0 Å². The molecule has 0 saturated heterocycles. The van der Waals surface area contributed by atoms with E-state index in [1.807, 2.05) is 0 Å². The molecule has 0 spiro atoms. The van der Waals surface area contributed by atoms with Gasteiger partial charge in [-0.1, -0.05) is 0 Å². The van der Waals surface area contributed by atoms with Gasteiger partial charge >= 0.3 is 5.97 Å². The van der Waals surface area contributed by atoms with E-state index in [9.17, 15) is 9.59 Å². The third-order valence-corrected chi connectivity index (χ3v) is 2.05. The molecule has 0 aromatic carbocycles. The first-order valence-electron chi connectivity index (χ1n) is 4.37. The lowest BCUT2D eigenvalue weighted by molar-refractivity contribution is -0.145. The van der Waals surface area contributed by atoms with Gasteiger partial charge in [0.1, 0.15) is 17.5 Å². The van der Waals surface area contributed by atoms with Crippen molar-refractivity contribution in [1.82, 2.24) is 0 Å². The highest BCUT2D eigenvalue weighted by Gasteiger charge is 2.22.